The number of ether oxygens (including phenoxy) is 1. The molecule has 1 amide bonds. The number of rotatable bonds is 5. The molecule has 2 N–H and O–H groups in total. The van der Waals surface area contributed by atoms with E-state index in [0.717, 1.165) is 22.4 Å². The van der Waals surface area contributed by atoms with Gasteiger partial charge in [0.25, 0.3) is 5.56 Å². The summed E-state index contributed by atoms with van der Waals surface area (Å²) in [7, 11) is 0. The smallest absolute Gasteiger partial charge is 0.257 e. The Morgan fingerprint density at radius 2 is 1.67 bits per heavy atom. The number of benzene rings is 3. The maximum Gasteiger partial charge on any atom is 0.257 e. The molecular weight excluding hydrogens is 414 g/mol. The number of fused-ring (bicyclic) bond motifs is 1. The molecule has 2 heterocycles. The van der Waals surface area contributed by atoms with Crippen molar-refractivity contribution in [1.82, 2.24) is 9.97 Å². The standard InChI is InChI=1S/C27H23N3O3/c1-17-7-5-6-10-20(17)16-33-21-13-11-18(12-14-21)22-15-23(31)28-26-24(22)27(32)30-25(29-26)19-8-3-2-4-9-19/h2-14,22H,15-16H2,1H3,(H2,28,29,30,31,32)/t22-/m1/s1. The molecule has 3 aromatic carbocycles. The summed E-state index contributed by atoms with van der Waals surface area (Å²) in [4.78, 5) is 32.9. The van der Waals surface area contributed by atoms with E-state index in [1.807, 2.05) is 72.8 Å². The van der Waals surface area contributed by atoms with Gasteiger partial charge in [-0.05, 0) is 35.7 Å². The summed E-state index contributed by atoms with van der Waals surface area (Å²) in [5.74, 6) is 0.942. The molecule has 1 aromatic heterocycles. The van der Waals surface area contributed by atoms with Crippen LogP contribution in [0.3, 0.4) is 0 Å². The summed E-state index contributed by atoms with van der Waals surface area (Å²) in [6.07, 6.45) is 0.186. The average molecular weight is 437 g/mol. The Balaban J connectivity index is 1.42. The Bertz CT molecular complexity index is 1360. The van der Waals surface area contributed by atoms with E-state index in [4.69, 9.17) is 4.74 Å². The molecule has 0 spiro atoms. The van der Waals surface area contributed by atoms with E-state index in [1.54, 1.807) is 0 Å². The molecule has 164 valence electrons. The van der Waals surface area contributed by atoms with Crippen LogP contribution in [0.15, 0.2) is 83.7 Å². The highest BCUT2D eigenvalue weighted by Gasteiger charge is 2.31. The van der Waals surface area contributed by atoms with Crippen molar-refractivity contribution in [2.45, 2.75) is 25.9 Å². The van der Waals surface area contributed by atoms with Crippen molar-refractivity contribution in [3.63, 3.8) is 0 Å². The maximum atomic E-state index is 13.0. The summed E-state index contributed by atoms with van der Waals surface area (Å²) in [6, 6.07) is 25.0. The molecular formula is C27H23N3O3. The molecule has 1 aliphatic heterocycles. The van der Waals surface area contributed by atoms with E-state index in [9.17, 15) is 9.59 Å². The van der Waals surface area contributed by atoms with Gasteiger partial charge in [0.1, 0.15) is 24.0 Å². The predicted octanol–water partition coefficient (Wildman–Crippen LogP) is 4.80. The fraction of sp³-hybridized carbons (Fsp3) is 0.148. The lowest BCUT2D eigenvalue weighted by molar-refractivity contribution is -0.116. The van der Waals surface area contributed by atoms with Gasteiger partial charge in [-0.25, -0.2) is 4.98 Å². The summed E-state index contributed by atoms with van der Waals surface area (Å²) in [5, 5.41) is 2.77. The minimum Gasteiger partial charge on any atom is -0.489 e. The summed E-state index contributed by atoms with van der Waals surface area (Å²) < 4.78 is 5.93. The second-order valence-electron chi connectivity index (χ2n) is 8.13. The molecule has 0 unspecified atom stereocenters. The Kier molecular flexibility index (Phi) is 5.48. The number of aromatic nitrogens is 2. The summed E-state index contributed by atoms with van der Waals surface area (Å²) in [6.45, 7) is 2.54. The lowest BCUT2D eigenvalue weighted by Gasteiger charge is -2.24. The number of nitrogens with zero attached hydrogens (tertiary/aromatic N) is 1. The maximum absolute atomic E-state index is 13.0. The van der Waals surface area contributed by atoms with E-state index in [1.165, 1.54) is 5.56 Å². The SMILES string of the molecule is Cc1ccccc1COc1ccc([C@H]2CC(=O)Nc3nc(-c4ccccc4)[nH]c(=O)c32)cc1. The Morgan fingerprint density at radius 1 is 0.939 bits per heavy atom. The summed E-state index contributed by atoms with van der Waals surface area (Å²) in [5.41, 5.74) is 4.19. The Hall–Kier alpha value is -4.19. The van der Waals surface area contributed by atoms with Crippen molar-refractivity contribution < 1.29 is 9.53 Å². The Labute approximate surface area is 191 Å². The zero-order valence-corrected chi connectivity index (χ0v) is 18.2. The number of nitrogens with one attached hydrogen (secondary N) is 2. The van der Waals surface area contributed by atoms with Crippen molar-refractivity contribution in [1.29, 1.82) is 0 Å². The number of hydrogen-bond acceptors (Lipinski definition) is 4. The average Bonchev–Trinajstić information content (AvgIpc) is 2.83. The van der Waals surface area contributed by atoms with E-state index < -0.39 is 0 Å². The molecule has 6 heteroatoms. The quantitative estimate of drug-likeness (QED) is 0.470. The molecule has 1 atom stereocenters. The molecule has 6 nitrogen and oxygen atoms in total. The van der Waals surface area contributed by atoms with Crippen LogP contribution in [0.2, 0.25) is 0 Å². The molecule has 33 heavy (non-hydrogen) atoms. The van der Waals surface area contributed by atoms with Crippen LogP contribution >= 0.6 is 0 Å². The monoisotopic (exact) mass is 437 g/mol. The largest absolute Gasteiger partial charge is 0.489 e. The van der Waals surface area contributed by atoms with Crippen LogP contribution in [0, 0.1) is 6.92 Å². The van der Waals surface area contributed by atoms with Crippen LogP contribution in [-0.4, -0.2) is 15.9 Å². The molecule has 0 fully saturated rings. The normalized spacial score (nSPS) is 14.9. The van der Waals surface area contributed by atoms with Crippen molar-refractivity contribution in [2.75, 3.05) is 5.32 Å². The fourth-order valence-corrected chi connectivity index (χ4v) is 4.12. The van der Waals surface area contributed by atoms with Crippen LogP contribution in [0.5, 0.6) is 5.75 Å². The number of aryl methyl sites for hydroxylation is 1. The second kappa shape index (κ2) is 8.74. The highest BCUT2D eigenvalue weighted by Crippen LogP contribution is 2.35. The first-order chi connectivity index (χ1) is 16.1. The van der Waals surface area contributed by atoms with Crippen molar-refractivity contribution in [3.8, 4) is 17.1 Å². The molecule has 0 radical (unpaired) electrons. The van der Waals surface area contributed by atoms with Gasteiger partial charge in [0.2, 0.25) is 5.91 Å². The number of amides is 1. The van der Waals surface area contributed by atoms with Gasteiger partial charge in [-0.1, -0.05) is 66.7 Å². The Morgan fingerprint density at radius 3 is 2.42 bits per heavy atom. The predicted molar refractivity (Wildman–Crippen MR) is 127 cm³/mol. The first-order valence-corrected chi connectivity index (χ1v) is 10.9. The molecule has 0 aliphatic carbocycles. The van der Waals surface area contributed by atoms with Gasteiger partial charge in [-0.2, -0.15) is 0 Å². The van der Waals surface area contributed by atoms with E-state index >= 15 is 0 Å². The topological polar surface area (TPSA) is 84.1 Å². The van der Waals surface area contributed by atoms with E-state index in [2.05, 4.69) is 28.3 Å². The third kappa shape index (κ3) is 4.28. The molecule has 0 bridgehead atoms. The third-order valence-electron chi connectivity index (χ3n) is 5.94. The zero-order valence-electron chi connectivity index (χ0n) is 18.2. The van der Waals surface area contributed by atoms with E-state index in [0.29, 0.717) is 23.8 Å². The highest BCUT2D eigenvalue weighted by molar-refractivity contribution is 5.94. The van der Waals surface area contributed by atoms with Crippen LogP contribution in [-0.2, 0) is 11.4 Å². The first-order valence-electron chi connectivity index (χ1n) is 10.9. The van der Waals surface area contributed by atoms with E-state index in [-0.39, 0.29) is 23.8 Å². The first kappa shape index (κ1) is 20.7. The second-order valence-corrected chi connectivity index (χ2v) is 8.13. The van der Waals surface area contributed by atoms with Gasteiger partial charge >= 0.3 is 0 Å². The number of hydrogen-bond donors (Lipinski definition) is 2. The van der Waals surface area contributed by atoms with Gasteiger partial charge in [-0.15, -0.1) is 0 Å². The van der Waals surface area contributed by atoms with Crippen molar-refractivity contribution >= 4 is 11.7 Å². The van der Waals surface area contributed by atoms with Gasteiger partial charge in [0.05, 0.1) is 5.56 Å². The van der Waals surface area contributed by atoms with Crippen molar-refractivity contribution in [3.05, 3.63) is 111 Å². The van der Waals surface area contributed by atoms with Crippen LogP contribution in [0.1, 0.15) is 34.6 Å². The lowest BCUT2D eigenvalue weighted by Crippen LogP contribution is -2.31. The fourth-order valence-electron chi connectivity index (χ4n) is 4.12. The molecule has 4 aromatic rings. The number of carbonyl (C=O) groups is 1. The molecule has 1 aliphatic rings. The van der Waals surface area contributed by atoms with Crippen LogP contribution in [0.25, 0.3) is 11.4 Å². The van der Waals surface area contributed by atoms with Gasteiger partial charge < -0.3 is 15.0 Å². The molecule has 5 rings (SSSR count). The number of H-pyrrole nitrogens is 1. The molecule has 0 saturated carbocycles. The van der Waals surface area contributed by atoms with Crippen molar-refractivity contribution in [2.24, 2.45) is 0 Å². The van der Waals surface area contributed by atoms with Gasteiger partial charge in [-0.3, -0.25) is 9.59 Å². The zero-order chi connectivity index (χ0) is 22.8. The van der Waals surface area contributed by atoms with Gasteiger partial charge in [0.15, 0.2) is 0 Å². The van der Waals surface area contributed by atoms with Gasteiger partial charge in [0, 0.05) is 17.9 Å². The number of aromatic amines is 1. The minimum atomic E-state index is -0.375. The van der Waals surface area contributed by atoms with Crippen LogP contribution in [0.4, 0.5) is 5.82 Å². The summed E-state index contributed by atoms with van der Waals surface area (Å²) >= 11 is 0. The molecule has 0 saturated heterocycles. The third-order valence-corrected chi connectivity index (χ3v) is 5.94. The lowest BCUT2D eigenvalue weighted by atomic mass is 9.87. The number of anilines is 1. The van der Waals surface area contributed by atoms with Crippen LogP contribution < -0.4 is 15.6 Å². The minimum absolute atomic E-state index is 0.163. The number of carbonyl (C=O) groups excluding carboxylic acids is 1. The highest BCUT2D eigenvalue weighted by atomic mass is 16.5.